The van der Waals surface area contributed by atoms with Crippen molar-refractivity contribution in [2.24, 2.45) is 11.7 Å². The Hall–Kier alpha value is -1.02. The molecule has 0 heterocycles. The highest BCUT2D eigenvalue weighted by molar-refractivity contribution is 5.41. The van der Waals surface area contributed by atoms with Crippen LogP contribution in [0.4, 0.5) is 0 Å². The molecule has 2 heteroatoms. The molecule has 1 aromatic rings. The minimum atomic E-state index is 0.103. The van der Waals surface area contributed by atoms with Gasteiger partial charge in [-0.3, -0.25) is 0 Å². The fraction of sp³-hybridized carbons (Fsp3) is 0.625. The van der Waals surface area contributed by atoms with Gasteiger partial charge in [0.25, 0.3) is 0 Å². The van der Waals surface area contributed by atoms with Crippen molar-refractivity contribution in [1.29, 1.82) is 0 Å². The fourth-order valence-electron chi connectivity index (χ4n) is 2.20. The van der Waals surface area contributed by atoms with Gasteiger partial charge in [-0.05, 0) is 41.5 Å². The van der Waals surface area contributed by atoms with Gasteiger partial charge in [0, 0.05) is 0 Å². The summed E-state index contributed by atoms with van der Waals surface area (Å²) < 4.78 is 5.46. The Kier molecular flexibility index (Phi) is 5.21. The summed E-state index contributed by atoms with van der Waals surface area (Å²) in [7, 11) is 1.74. The van der Waals surface area contributed by atoms with Gasteiger partial charge in [0.15, 0.2) is 0 Å². The molecule has 0 fully saturated rings. The van der Waals surface area contributed by atoms with Gasteiger partial charge in [-0.25, -0.2) is 0 Å². The van der Waals surface area contributed by atoms with Gasteiger partial charge in [0.2, 0.25) is 0 Å². The van der Waals surface area contributed by atoms with Crippen molar-refractivity contribution in [3.8, 4) is 5.75 Å². The summed E-state index contributed by atoms with van der Waals surface area (Å²) in [5.74, 6) is 1.55. The molecule has 2 N–H and O–H groups in total. The molecule has 18 heavy (non-hydrogen) atoms. The topological polar surface area (TPSA) is 35.2 Å². The van der Waals surface area contributed by atoms with E-state index in [-0.39, 0.29) is 5.41 Å². The molecule has 1 rings (SSSR count). The predicted octanol–water partition coefficient (Wildman–Crippen LogP) is 3.52. The molecule has 1 aromatic carbocycles. The summed E-state index contributed by atoms with van der Waals surface area (Å²) in [5.41, 5.74) is 8.52. The molecule has 0 aliphatic carbocycles. The van der Waals surface area contributed by atoms with Crippen LogP contribution < -0.4 is 10.5 Å². The highest BCUT2D eigenvalue weighted by Gasteiger charge is 2.19. The summed E-state index contributed by atoms with van der Waals surface area (Å²) in [4.78, 5) is 0. The summed E-state index contributed by atoms with van der Waals surface area (Å²) >= 11 is 0. The number of benzene rings is 1. The van der Waals surface area contributed by atoms with Gasteiger partial charge in [0.05, 0.1) is 7.11 Å². The third kappa shape index (κ3) is 3.74. The lowest BCUT2D eigenvalue weighted by Crippen LogP contribution is -2.17. The Morgan fingerprint density at radius 2 is 1.94 bits per heavy atom. The van der Waals surface area contributed by atoms with Gasteiger partial charge in [0.1, 0.15) is 5.75 Å². The lowest BCUT2D eigenvalue weighted by Gasteiger charge is -2.23. The Labute approximate surface area is 112 Å². The van der Waals surface area contributed by atoms with Crippen molar-refractivity contribution in [2.45, 2.75) is 46.0 Å². The molecule has 0 saturated heterocycles. The van der Waals surface area contributed by atoms with Crippen LogP contribution in [0.15, 0.2) is 18.2 Å². The van der Waals surface area contributed by atoms with E-state index in [2.05, 4.69) is 45.9 Å². The summed E-state index contributed by atoms with van der Waals surface area (Å²) in [5, 5.41) is 0. The van der Waals surface area contributed by atoms with Crippen LogP contribution in [0.25, 0.3) is 0 Å². The van der Waals surface area contributed by atoms with E-state index in [0.717, 1.165) is 25.1 Å². The highest BCUT2D eigenvalue weighted by Crippen LogP contribution is 2.32. The zero-order chi connectivity index (χ0) is 13.8. The standard InChI is InChI=1S/C16H27NO/c1-6-12(11-17)9-13-7-8-15(18-5)14(10-13)16(2,3)4/h7-8,10,12H,6,9,11,17H2,1-5H3. The number of hydrogen-bond acceptors (Lipinski definition) is 2. The van der Waals surface area contributed by atoms with Crippen molar-refractivity contribution in [3.05, 3.63) is 29.3 Å². The monoisotopic (exact) mass is 249 g/mol. The van der Waals surface area contributed by atoms with E-state index in [1.54, 1.807) is 7.11 Å². The van der Waals surface area contributed by atoms with Crippen LogP contribution in [-0.2, 0) is 11.8 Å². The minimum absolute atomic E-state index is 0.103. The molecule has 0 spiro atoms. The van der Waals surface area contributed by atoms with Crippen LogP contribution in [0.2, 0.25) is 0 Å². The Balaban J connectivity index is 3.03. The van der Waals surface area contributed by atoms with Gasteiger partial charge >= 0.3 is 0 Å². The minimum Gasteiger partial charge on any atom is -0.496 e. The average molecular weight is 249 g/mol. The maximum atomic E-state index is 5.79. The molecule has 0 amide bonds. The van der Waals surface area contributed by atoms with Crippen molar-refractivity contribution in [1.82, 2.24) is 0 Å². The Morgan fingerprint density at radius 3 is 2.39 bits per heavy atom. The molecule has 0 aromatic heterocycles. The third-order valence-electron chi connectivity index (χ3n) is 3.51. The van der Waals surface area contributed by atoms with Crippen LogP contribution in [0, 0.1) is 5.92 Å². The summed E-state index contributed by atoms with van der Waals surface area (Å²) in [6.45, 7) is 9.61. The van der Waals surface area contributed by atoms with E-state index in [1.807, 2.05) is 0 Å². The fourth-order valence-corrected chi connectivity index (χ4v) is 2.20. The highest BCUT2D eigenvalue weighted by atomic mass is 16.5. The van der Waals surface area contributed by atoms with E-state index in [1.165, 1.54) is 11.1 Å². The Morgan fingerprint density at radius 1 is 1.28 bits per heavy atom. The van der Waals surface area contributed by atoms with E-state index < -0.39 is 0 Å². The molecular formula is C16H27NO. The number of ether oxygens (including phenoxy) is 1. The molecule has 102 valence electrons. The molecule has 0 saturated carbocycles. The van der Waals surface area contributed by atoms with Gasteiger partial charge in [-0.1, -0.05) is 46.2 Å². The van der Waals surface area contributed by atoms with E-state index in [4.69, 9.17) is 10.5 Å². The summed E-state index contributed by atoms with van der Waals surface area (Å²) in [6, 6.07) is 6.52. The Bertz CT molecular complexity index is 375. The smallest absolute Gasteiger partial charge is 0.122 e. The maximum absolute atomic E-state index is 5.79. The first-order valence-corrected chi connectivity index (χ1v) is 6.79. The molecular weight excluding hydrogens is 222 g/mol. The lowest BCUT2D eigenvalue weighted by molar-refractivity contribution is 0.397. The molecule has 1 unspecified atom stereocenters. The van der Waals surface area contributed by atoms with Crippen LogP contribution >= 0.6 is 0 Å². The van der Waals surface area contributed by atoms with E-state index >= 15 is 0 Å². The van der Waals surface area contributed by atoms with Crippen molar-refractivity contribution in [2.75, 3.05) is 13.7 Å². The van der Waals surface area contributed by atoms with Crippen molar-refractivity contribution in [3.63, 3.8) is 0 Å². The quantitative estimate of drug-likeness (QED) is 0.866. The predicted molar refractivity (Wildman–Crippen MR) is 78.2 cm³/mol. The van der Waals surface area contributed by atoms with Crippen LogP contribution in [-0.4, -0.2) is 13.7 Å². The van der Waals surface area contributed by atoms with Gasteiger partial charge in [-0.2, -0.15) is 0 Å². The maximum Gasteiger partial charge on any atom is 0.122 e. The normalized spacial score (nSPS) is 13.4. The van der Waals surface area contributed by atoms with Crippen LogP contribution in [0.3, 0.4) is 0 Å². The van der Waals surface area contributed by atoms with Crippen molar-refractivity contribution >= 4 is 0 Å². The number of methoxy groups -OCH3 is 1. The van der Waals surface area contributed by atoms with E-state index in [0.29, 0.717) is 5.92 Å². The number of rotatable bonds is 5. The zero-order valence-electron chi connectivity index (χ0n) is 12.4. The van der Waals surface area contributed by atoms with Gasteiger partial charge in [-0.15, -0.1) is 0 Å². The number of nitrogens with two attached hydrogens (primary N) is 1. The molecule has 0 radical (unpaired) electrons. The largest absolute Gasteiger partial charge is 0.496 e. The molecule has 1 atom stereocenters. The second-order valence-electron chi connectivity index (χ2n) is 6.00. The summed E-state index contributed by atoms with van der Waals surface area (Å²) in [6.07, 6.45) is 2.19. The second kappa shape index (κ2) is 6.24. The zero-order valence-corrected chi connectivity index (χ0v) is 12.4. The molecule has 0 aliphatic rings. The average Bonchev–Trinajstić information content (AvgIpc) is 2.34. The molecule has 0 bridgehead atoms. The molecule has 2 nitrogen and oxygen atoms in total. The first-order valence-electron chi connectivity index (χ1n) is 6.79. The molecule has 0 aliphatic heterocycles. The van der Waals surface area contributed by atoms with E-state index in [9.17, 15) is 0 Å². The van der Waals surface area contributed by atoms with Crippen LogP contribution in [0.1, 0.15) is 45.2 Å². The third-order valence-corrected chi connectivity index (χ3v) is 3.51. The van der Waals surface area contributed by atoms with Crippen LogP contribution in [0.5, 0.6) is 5.75 Å². The first kappa shape index (κ1) is 15.0. The van der Waals surface area contributed by atoms with Gasteiger partial charge < -0.3 is 10.5 Å². The lowest BCUT2D eigenvalue weighted by atomic mass is 9.84. The first-order chi connectivity index (χ1) is 8.42. The SMILES string of the molecule is CCC(CN)Cc1ccc(OC)c(C(C)(C)C)c1. The number of hydrogen-bond donors (Lipinski definition) is 1. The van der Waals surface area contributed by atoms with Crippen molar-refractivity contribution < 1.29 is 4.74 Å². The second-order valence-corrected chi connectivity index (χ2v) is 6.00.